The lowest BCUT2D eigenvalue weighted by molar-refractivity contribution is 0.109. The maximum atomic E-state index is 11.9. The smallest absolute Gasteiger partial charge is 0.407 e. The number of hydrogen-bond acceptors (Lipinski definition) is 8. The van der Waals surface area contributed by atoms with Crippen molar-refractivity contribution in [1.29, 1.82) is 0 Å². The first-order valence-corrected chi connectivity index (χ1v) is 15.4. The number of ether oxygens (including phenoxy) is 1. The van der Waals surface area contributed by atoms with Gasteiger partial charge in [0.2, 0.25) is 0 Å². The van der Waals surface area contributed by atoms with Crippen LogP contribution in [0.25, 0.3) is 10.4 Å². The molecule has 1 aromatic carbocycles. The Kier molecular flexibility index (Phi) is 10.1. The van der Waals surface area contributed by atoms with Gasteiger partial charge in [0, 0.05) is 60.5 Å². The molecule has 2 fully saturated rings. The number of likely N-dealkylation sites (tertiary alicyclic amines) is 1. The second-order valence-electron chi connectivity index (χ2n) is 11.0. The highest BCUT2D eigenvalue weighted by Crippen LogP contribution is 2.40. The van der Waals surface area contributed by atoms with Gasteiger partial charge in [0.1, 0.15) is 0 Å². The number of amides is 1. The molecule has 7 nitrogen and oxygen atoms in total. The molecule has 1 aliphatic heterocycles. The topological polar surface area (TPSA) is 78.5 Å². The van der Waals surface area contributed by atoms with Gasteiger partial charge in [0.05, 0.1) is 22.0 Å². The maximum absolute atomic E-state index is 11.9. The fourth-order valence-electron chi connectivity index (χ4n) is 5.11. The molecule has 2 heterocycles. The molecule has 9 heteroatoms. The van der Waals surface area contributed by atoms with Crippen molar-refractivity contribution in [2.45, 2.75) is 89.3 Å². The van der Waals surface area contributed by atoms with Crippen LogP contribution in [-0.4, -0.2) is 60.3 Å². The summed E-state index contributed by atoms with van der Waals surface area (Å²) in [7, 11) is 0. The SMILES string of the molecule is CCNSc1cc(NC2CN(CC(C)C)C2)ccc1-c1cnc(C2CCC(NC(=O)OC(C)C)CC2)s1. The molecule has 1 saturated heterocycles. The van der Waals surface area contributed by atoms with Gasteiger partial charge in [-0.1, -0.05) is 26.8 Å². The fraction of sp³-hybridized carbons (Fsp3) is 0.643. The third-order valence-corrected chi connectivity index (χ3v) is 8.97. The molecule has 0 bridgehead atoms. The lowest BCUT2D eigenvalue weighted by atomic mass is 9.86. The van der Waals surface area contributed by atoms with Crippen LogP contribution in [0, 0.1) is 5.92 Å². The van der Waals surface area contributed by atoms with Crippen LogP contribution in [0.5, 0.6) is 0 Å². The number of benzene rings is 1. The Balaban J connectivity index is 1.36. The number of nitrogens with one attached hydrogen (secondary N) is 3. The molecule has 1 amide bonds. The van der Waals surface area contributed by atoms with Gasteiger partial charge in [-0.2, -0.15) is 0 Å². The third-order valence-electron chi connectivity index (χ3n) is 6.79. The number of anilines is 1. The standard InChI is InChI=1S/C28H43N5O2S2/c1-6-30-37-25-13-22(31-23-16-33(17-23)15-18(2)3)11-12-24(25)26-14-29-27(36-26)20-7-9-21(10-8-20)32-28(34)35-19(4)5/h11-14,18-21,23,30-31H,6-10,15-17H2,1-5H3,(H,32,34). The van der Waals surface area contributed by atoms with E-state index in [9.17, 15) is 4.79 Å². The molecule has 3 N–H and O–H groups in total. The minimum Gasteiger partial charge on any atom is -0.447 e. The molecule has 4 rings (SSSR count). The molecular formula is C28H43N5O2S2. The lowest BCUT2D eigenvalue weighted by Crippen LogP contribution is -2.55. The summed E-state index contributed by atoms with van der Waals surface area (Å²) in [6, 6.07) is 7.44. The summed E-state index contributed by atoms with van der Waals surface area (Å²) in [6.07, 6.45) is 5.65. The zero-order chi connectivity index (χ0) is 26.4. The summed E-state index contributed by atoms with van der Waals surface area (Å²) >= 11 is 3.51. The number of rotatable bonds is 11. The van der Waals surface area contributed by atoms with E-state index in [1.165, 1.54) is 32.6 Å². The van der Waals surface area contributed by atoms with Gasteiger partial charge >= 0.3 is 6.09 Å². The molecule has 2 aromatic rings. The monoisotopic (exact) mass is 545 g/mol. The third kappa shape index (κ3) is 8.09. The Bertz CT molecular complexity index is 1010. The molecule has 0 radical (unpaired) electrons. The van der Waals surface area contributed by atoms with Crippen molar-refractivity contribution in [2.24, 2.45) is 5.92 Å². The molecular weight excluding hydrogens is 502 g/mol. The van der Waals surface area contributed by atoms with Crippen LogP contribution in [0.1, 0.15) is 71.2 Å². The van der Waals surface area contributed by atoms with Crippen molar-refractivity contribution in [3.8, 4) is 10.4 Å². The predicted molar refractivity (Wildman–Crippen MR) is 156 cm³/mol. The van der Waals surface area contributed by atoms with E-state index in [4.69, 9.17) is 9.72 Å². The van der Waals surface area contributed by atoms with Crippen LogP contribution in [0.4, 0.5) is 10.5 Å². The van der Waals surface area contributed by atoms with Gasteiger partial charge in [0.25, 0.3) is 0 Å². The van der Waals surface area contributed by atoms with Crippen LogP contribution in [-0.2, 0) is 4.74 Å². The highest BCUT2D eigenvalue weighted by Gasteiger charge is 2.28. The second-order valence-corrected chi connectivity index (χ2v) is 13.0. The zero-order valence-corrected chi connectivity index (χ0v) is 24.5. The first-order valence-electron chi connectivity index (χ1n) is 13.8. The van der Waals surface area contributed by atoms with Crippen LogP contribution in [0.2, 0.25) is 0 Å². The van der Waals surface area contributed by atoms with Crippen LogP contribution < -0.4 is 15.4 Å². The fourth-order valence-corrected chi connectivity index (χ4v) is 7.08. The van der Waals surface area contributed by atoms with Crippen LogP contribution in [0.3, 0.4) is 0 Å². The summed E-state index contributed by atoms with van der Waals surface area (Å²) in [5.41, 5.74) is 2.42. The van der Waals surface area contributed by atoms with Crippen LogP contribution >= 0.6 is 23.3 Å². The Labute approximate surface area is 230 Å². The van der Waals surface area contributed by atoms with Crippen molar-refractivity contribution in [1.82, 2.24) is 19.9 Å². The number of thiazole rings is 1. The van der Waals surface area contributed by atoms with Gasteiger partial charge in [-0.25, -0.2) is 9.78 Å². The summed E-state index contributed by atoms with van der Waals surface area (Å²) in [5.74, 6) is 1.17. The van der Waals surface area contributed by atoms with E-state index in [2.05, 4.69) is 59.2 Å². The number of nitrogens with zero attached hydrogens (tertiary/aromatic N) is 2. The quantitative estimate of drug-likeness (QED) is 0.284. The zero-order valence-electron chi connectivity index (χ0n) is 22.9. The van der Waals surface area contributed by atoms with Gasteiger partial charge < -0.3 is 15.4 Å². The summed E-state index contributed by atoms with van der Waals surface area (Å²) in [4.78, 5) is 21.8. The average molecular weight is 546 g/mol. The van der Waals surface area contributed by atoms with E-state index >= 15 is 0 Å². The molecule has 1 saturated carbocycles. The van der Waals surface area contributed by atoms with Crippen molar-refractivity contribution in [2.75, 3.05) is 31.5 Å². The molecule has 1 aliphatic carbocycles. The lowest BCUT2D eigenvalue weighted by Gasteiger charge is -2.41. The van der Waals surface area contributed by atoms with Gasteiger partial charge in [-0.3, -0.25) is 9.62 Å². The van der Waals surface area contributed by atoms with Crippen molar-refractivity contribution in [3.05, 3.63) is 29.4 Å². The van der Waals surface area contributed by atoms with E-state index in [-0.39, 0.29) is 18.2 Å². The van der Waals surface area contributed by atoms with Gasteiger partial charge in [0.15, 0.2) is 0 Å². The first-order chi connectivity index (χ1) is 17.8. The largest absolute Gasteiger partial charge is 0.447 e. The Morgan fingerprint density at radius 3 is 2.59 bits per heavy atom. The van der Waals surface area contributed by atoms with Crippen molar-refractivity contribution >= 4 is 35.1 Å². The molecule has 0 atom stereocenters. The van der Waals surface area contributed by atoms with Gasteiger partial charge in [-0.15, -0.1) is 11.3 Å². The number of carbonyl (C=O) groups excluding carboxylic acids is 1. The second kappa shape index (κ2) is 13.3. The number of carbonyl (C=O) groups is 1. The summed E-state index contributed by atoms with van der Waals surface area (Å²) in [5, 5.41) is 7.96. The van der Waals surface area contributed by atoms with Gasteiger partial charge in [-0.05, 0) is 69.5 Å². The molecule has 204 valence electrons. The van der Waals surface area contributed by atoms with E-state index in [0.29, 0.717) is 17.9 Å². The highest BCUT2D eigenvalue weighted by molar-refractivity contribution is 7.97. The Hall–Kier alpha value is -1.81. The molecule has 0 spiro atoms. The Morgan fingerprint density at radius 2 is 1.92 bits per heavy atom. The first kappa shape index (κ1) is 28.2. The van der Waals surface area contributed by atoms with E-state index in [1.54, 1.807) is 11.9 Å². The molecule has 37 heavy (non-hydrogen) atoms. The normalized spacial score (nSPS) is 20.7. The van der Waals surface area contributed by atoms with Crippen LogP contribution in [0.15, 0.2) is 29.3 Å². The number of aromatic nitrogens is 1. The minimum atomic E-state index is -0.302. The molecule has 1 aromatic heterocycles. The highest BCUT2D eigenvalue weighted by atomic mass is 32.2. The molecule has 2 aliphatic rings. The predicted octanol–water partition coefficient (Wildman–Crippen LogP) is 6.34. The van der Waals surface area contributed by atoms with Crippen molar-refractivity contribution < 1.29 is 9.53 Å². The summed E-state index contributed by atoms with van der Waals surface area (Å²) in [6.45, 7) is 14.8. The average Bonchev–Trinajstić information content (AvgIpc) is 3.31. The van der Waals surface area contributed by atoms with E-state index < -0.39 is 0 Å². The summed E-state index contributed by atoms with van der Waals surface area (Å²) < 4.78 is 8.67. The number of hydrogen-bond donors (Lipinski definition) is 3. The molecule has 0 unspecified atom stereocenters. The van der Waals surface area contributed by atoms with E-state index in [1.807, 2.05) is 31.4 Å². The Morgan fingerprint density at radius 1 is 1.16 bits per heavy atom. The number of alkyl carbamates (subject to hydrolysis) is 1. The maximum Gasteiger partial charge on any atom is 0.407 e. The van der Waals surface area contributed by atoms with E-state index in [0.717, 1.165) is 45.3 Å². The van der Waals surface area contributed by atoms with Crippen molar-refractivity contribution in [3.63, 3.8) is 0 Å². The minimum absolute atomic E-state index is 0.0937.